The van der Waals surface area contributed by atoms with Gasteiger partial charge in [0, 0.05) is 41.8 Å². The Morgan fingerprint density at radius 3 is 1.98 bits per heavy atom. The van der Waals surface area contributed by atoms with E-state index in [0.29, 0.717) is 5.69 Å². The molecule has 0 radical (unpaired) electrons. The van der Waals surface area contributed by atoms with Crippen molar-refractivity contribution in [2.24, 2.45) is 11.8 Å². The van der Waals surface area contributed by atoms with E-state index in [0.717, 1.165) is 16.5 Å². The molecule has 0 bridgehead atoms. The predicted octanol–water partition coefficient (Wildman–Crippen LogP) is 1.55. The molecule has 0 spiro atoms. The van der Waals surface area contributed by atoms with Gasteiger partial charge in [-0.3, -0.25) is 28.8 Å². The van der Waals surface area contributed by atoms with Crippen LogP contribution in [0, 0.1) is 11.8 Å². The van der Waals surface area contributed by atoms with Crippen LogP contribution in [0.2, 0.25) is 0 Å². The van der Waals surface area contributed by atoms with Gasteiger partial charge in [-0.25, -0.2) is 4.98 Å². The van der Waals surface area contributed by atoms with Crippen molar-refractivity contribution in [3.8, 4) is 0 Å². The lowest BCUT2D eigenvalue weighted by Crippen LogP contribution is -2.59. The van der Waals surface area contributed by atoms with Crippen LogP contribution in [0.1, 0.15) is 72.6 Å². The summed E-state index contributed by atoms with van der Waals surface area (Å²) in [6.07, 6.45) is 4.29. The van der Waals surface area contributed by atoms with Crippen LogP contribution in [-0.2, 0) is 46.3 Å². The lowest BCUT2D eigenvalue weighted by Gasteiger charge is -2.28. The summed E-state index contributed by atoms with van der Waals surface area (Å²) in [5, 5.41) is 14.5. The Hall–Kier alpha value is -5.21. The minimum Gasteiger partial charge on any atom is -0.460 e. The smallest absolute Gasteiger partial charge is 0.308 e. The molecule has 7 N–H and O–H groups in total. The molecule has 15 nitrogen and oxygen atoms in total. The van der Waals surface area contributed by atoms with E-state index in [2.05, 4.69) is 41.5 Å². The second kappa shape index (κ2) is 16.7. The van der Waals surface area contributed by atoms with Crippen LogP contribution in [0.3, 0.4) is 0 Å². The first-order valence-electron chi connectivity index (χ1n) is 17.3. The SMILES string of the molecule is CC(C)C[C@@H]1NC(=O)[C@@H](C(C)C)NC(=O)[C@H](Cc2cnc[nH]2)NC(=O)[C@@H](CC(=O)OC(C)(C)C)NC(=O)[C@@H](Cc2c[nH]c3ccccc23)NC1=O. The van der Waals surface area contributed by atoms with Crippen molar-refractivity contribution in [1.82, 2.24) is 41.5 Å². The van der Waals surface area contributed by atoms with E-state index >= 15 is 0 Å². The van der Waals surface area contributed by atoms with Crippen LogP contribution in [0.4, 0.5) is 0 Å². The molecular weight excluding hydrogens is 656 g/mol. The fraction of sp³-hybridized carbons (Fsp3) is 0.528. The van der Waals surface area contributed by atoms with Crippen LogP contribution >= 0.6 is 0 Å². The lowest BCUT2D eigenvalue weighted by molar-refractivity contribution is -0.156. The Morgan fingerprint density at radius 2 is 1.35 bits per heavy atom. The van der Waals surface area contributed by atoms with Gasteiger partial charge in [0.25, 0.3) is 0 Å². The molecule has 3 aromatic rings. The molecule has 0 aliphatic carbocycles. The second-order valence-corrected chi connectivity index (χ2v) is 14.7. The molecule has 2 aromatic heterocycles. The van der Waals surface area contributed by atoms with Crippen molar-refractivity contribution in [2.75, 3.05) is 0 Å². The zero-order valence-electron chi connectivity index (χ0n) is 30.2. The zero-order chi connectivity index (χ0) is 37.5. The van der Waals surface area contributed by atoms with Gasteiger partial charge in [0.15, 0.2) is 0 Å². The van der Waals surface area contributed by atoms with Crippen LogP contribution in [0.25, 0.3) is 10.9 Å². The van der Waals surface area contributed by atoms with Crippen molar-refractivity contribution in [3.63, 3.8) is 0 Å². The quantitative estimate of drug-likeness (QED) is 0.162. The number of aromatic amines is 2. The van der Waals surface area contributed by atoms with Gasteiger partial charge in [-0.15, -0.1) is 0 Å². The molecular formula is C36H50N8O7. The molecule has 1 saturated heterocycles. The first-order valence-corrected chi connectivity index (χ1v) is 17.3. The number of fused-ring (bicyclic) bond motifs is 1. The maximum Gasteiger partial charge on any atom is 0.308 e. The third-order valence-corrected chi connectivity index (χ3v) is 8.35. The number of imidazole rings is 1. The fourth-order valence-electron chi connectivity index (χ4n) is 5.88. The number of ether oxygens (including phenoxy) is 1. The minimum absolute atomic E-state index is 0.0157. The van der Waals surface area contributed by atoms with Crippen molar-refractivity contribution in [1.29, 1.82) is 0 Å². The number of carbonyl (C=O) groups excluding carboxylic acids is 6. The molecule has 0 unspecified atom stereocenters. The van der Waals surface area contributed by atoms with Crippen LogP contribution in [0.15, 0.2) is 43.0 Å². The molecule has 0 saturated carbocycles. The second-order valence-electron chi connectivity index (χ2n) is 14.7. The molecule has 15 heteroatoms. The number of nitrogens with zero attached hydrogens (tertiary/aromatic N) is 1. The molecule has 3 heterocycles. The molecule has 1 aliphatic heterocycles. The van der Waals surface area contributed by atoms with Crippen LogP contribution < -0.4 is 26.6 Å². The molecule has 1 aromatic carbocycles. The van der Waals surface area contributed by atoms with Crippen molar-refractivity contribution >= 4 is 46.4 Å². The molecule has 5 atom stereocenters. The Kier molecular flexibility index (Phi) is 12.6. The number of rotatable bonds is 9. The third-order valence-electron chi connectivity index (χ3n) is 8.35. The summed E-state index contributed by atoms with van der Waals surface area (Å²) in [4.78, 5) is 92.8. The van der Waals surface area contributed by atoms with Gasteiger partial charge in [-0.2, -0.15) is 0 Å². The Labute approximate surface area is 297 Å². The summed E-state index contributed by atoms with van der Waals surface area (Å²) < 4.78 is 5.48. The number of hydrogen-bond acceptors (Lipinski definition) is 8. The normalized spacial score (nSPS) is 22.8. The Morgan fingerprint density at radius 1 is 0.765 bits per heavy atom. The van der Waals surface area contributed by atoms with E-state index in [4.69, 9.17) is 4.74 Å². The highest BCUT2D eigenvalue weighted by Gasteiger charge is 2.37. The number of aromatic nitrogens is 3. The number of esters is 1. The molecule has 5 amide bonds. The van der Waals surface area contributed by atoms with E-state index in [1.54, 1.807) is 40.8 Å². The largest absolute Gasteiger partial charge is 0.460 e. The van der Waals surface area contributed by atoms with E-state index in [1.807, 2.05) is 38.1 Å². The number of hydrogen-bond donors (Lipinski definition) is 7. The topological polar surface area (TPSA) is 216 Å². The number of nitrogens with one attached hydrogen (secondary N) is 7. The molecule has 51 heavy (non-hydrogen) atoms. The van der Waals surface area contributed by atoms with Crippen LogP contribution in [0.5, 0.6) is 0 Å². The maximum absolute atomic E-state index is 14.2. The van der Waals surface area contributed by atoms with Gasteiger partial charge >= 0.3 is 5.97 Å². The lowest BCUT2D eigenvalue weighted by atomic mass is 9.98. The highest BCUT2D eigenvalue weighted by Crippen LogP contribution is 2.20. The van der Waals surface area contributed by atoms with E-state index in [9.17, 15) is 28.8 Å². The standard InChI is InChI=1S/C36H50N8O7/c1-19(2)12-25-31(46)40-26(13-21-16-38-24-11-9-8-10-23(21)24)32(47)42-28(15-29(45)51-36(5,6)7)33(48)41-27(14-22-17-37-18-39-22)34(49)44-30(20(3)4)35(50)43-25/h8-11,16-20,25-28,30,38H,12-15H2,1-7H3,(H,37,39)(H,40,46)(H,41,48)(H,42,47)(H,43,50)(H,44,49)/t25-,26+,27-,28+,30+/m0/s1. The molecule has 276 valence electrons. The fourth-order valence-corrected chi connectivity index (χ4v) is 5.88. The van der Waals surface area contributed by atoms with Gasteiger partial charge in [0.1, 0.15) is 35.8 Å². The average molecular weight is 707 g/mol. The first kappa shape index (κ1) is 38.6. The predicted molar refractivity (Wildman–Crippen MR) is 189 cm³/mol. The van der Waals surface area contributed by atoms with E-state index < -0.39 is 83.7 Å². The van der Waals surface area contributed by atoms with Gasteiger partial charge in [-0.05, 0) is 50.7 Å². The van der Waals surface area contributed by atoms with E-state index in [-0.39, 0.29) is 25.2 Å². The summed E-state index contributed by atoms with van der Waals surface area (Å²) in [5.74, 6) is -4.71. The van der Waals surface area contributed by atoms with Crippen molar-refractivity contribution < 1.29 is 33.5 Å². The van der Waals surface area contributed by atoms with Gasteiger partial charge in [-0.1, -0.05) is 45.9 Å². The highest BCUT2D eigenvalue weighted by molar-refractivity contribution is 5.99. The van der Waals surface area contributed by atoms with Gasteiger partial charge < -0.3 is 41.3 Å². The first-order chi connectivity index (χ1) is 24.0. The summed E-state index contributed by atoms with van der Waals surface area (Å²) in [6, 6.07) is 1.36. The summed E-state index contributed by atoms with van der Waals surface area (Å²) in [5.41, 5.74) is 1.17. The molecule has 1 fully saturated rings. The minimum atomic E-state index is -1.50. The summed E-state index contributed by atoms with van der Waals surface area (Å²) in [7, 11) is 0. The van der Waals surface area contributed by atoms with Crippen LogP contribution in [-0.4, -0.2) is 86.3 Å². The zero-order valence-corrected chi connectivity index (χ0v) is 30.2. The molecule has 4 rings (SSSR count). The van der Waals surface area contributed by atoms with Crippen molar-refractivity contribution in [3.05, 3.63) is 54.2 Å². The summed E-state index contributed by atoms with van der Waals surface area (Å²) in [6.45, 7) is 12.3. The number of H-pyrrole nitrogens is 2. The molecule has 1 aliphatic rings. The van der Waals surface area contributed by atoms with E-state index in [1.165, 1.54) is 12.5 Å². The monoisotopic (exact) mass is 706 g/mol. The summed E-state index contributed by atoms with van der Waals surface area (Å²) >= 11 is 0. The van der Waals surface area contributed by atoms with Crippen molar-refractivity contribution in [2.45, 2.75) is 110 Å². The highest BCUT2D eigenvalue weighted by atomic mass is 16.6. The number of amides is 5. The number of benzene rings is 1. The average Bonchev–Trinajstić information content (AvgIpc) is 3.70. The Bertz CT molecular complexity index is 1710. The number of para-hydroxylation sites is 1. The van der Waals surface area contributed by atoms with Gasteiger partial charge in [0.05, 0.1) is 12.7 Å². The number of carbonyl (C=O) groups is 6. The Balaban J connectivity index is 1.79. The van der Waals surface area contributed by atoms with Gasteiger partial charge in [0.2, 0.25) is 29.5 Å². The maximum atomic E-state index is 14.2. The third kappa shape index (κ3) is 10.9.